The highest BCUT2D eigenvalue weighted by atomic mass is 32.2. The molecule has 1 unspecified atom stereocenters. The Labute approximate surface area is 141 Å². The Kier molecular flexibility index (Phi) is 5.08. The molecule has 0 spiro atoms. The van der Waals surface area contributed by atoms with E-state index in [1.54, 1.807) is 6.92 Å². The van der Waals surface area contributed by atoms with Crippen molar-refractivity contribution < 1.29 is 9.21 Å². The number of benzene rings is 1. The van der Waals surface area contributed by atoms with Crippen LogP contribution in [0.25, 0.3) is 0 Å². The molecule has 122 valence electrons. The number of hydrogen-bond donors (Lipinski definition) is 1. The van der Waals surface area contributed by atoms with Crippen LogP contribution in [0.4, 0.5) is 5.69 Å². The summed E-state index contributed by atoms with van der Waals surface area (Å²) in [5.74, 6) is 4.11. The van der Waals surface area contributed by atoms with Crippen LogP contribution in [-0.2, 0) is 11.3 Å². The van der Waals surface area contributed by atoms with E-state index in [0.717, 1.165) is 47.4 Å². The Hall–Kier alpha value is -1.72. The molecule has 1 N–H and O–H groups in total. The van der Waals surface area contributed by atoms with Crippen LogP contribution in [-0.4, -0.2) is 28.9 Å². The van der Waals surface area contributed by atoms with Gasteiger partial charge in [-0.3, -0.25) is 9.69 Å². The van der Waals surface area contributed by atoms with Gasteiger partial charge in [-0.25, -0.2) is 0 Å². The van der Waals surface area contributed by atoms with Gasteiger partial charge in [-0.1, -0.05) is 18.2 Å². The lowest BCUT2D eigenvalue weighted by molar-refractivity contribution is -0.114. The van der Waals surface area contributed by atoms with E-state index in [1.165, 1.54) is 0 Å². The molecule has 2 aromatic rings. The maximum Gasteiger partial charge on any atom is 0.221 e. The fourth-order valence-electron chi connectivity index (χ4n) is 2.91. The quantitative estimate of drug-likeness (QED) is 0.925. The molecule has 1 amide bonds. The number of furan rings is 1. The van der Waals surface area contributed by atoms with Gasteiger partial charge in [0.2, 0.25) is 5.91 Å². The van der Waals surface area contributed by atoms with E-state index >= 15 is 0 Å². The first-order chi connectivity index (χ1) is 11.1. The summed E-state index contributed by atoms with van der Waals surface area (Å²) in [6, 6.07) is 12.4. The van der Waals surface area contributed by atoms with Crippen molar-refractivity contribution in [3.8, 4) is 0 Å². The second-order valence-electron chi connectivity index (χ2n) is 5.85. The lowest BCUT2D eigenvalue weighted by Gasteiger charge is -2.34. The zero-order valence-electron chi connectivity index (χ0n) is 13.5. The molecule has 0 saturated carbocycles. The van der Waals surface area contributed by atoms with Crippen LogP contribution in [0.1, 0.15) is 30.0 Å². The number of anilines is 1. The first-order valence-electron chi connectivity index (χ1n) is 7.87. The molecule has 1 aliphatic heterocycles. The third-order valence-electron chi connectivity index (χ3n) is 4.03. The lowest BCUT2D eigenvalue weighted by atomic mass is 10.1. The fraction of sp³-hybridized carbons (Fsp3) is 0.389. The molecule has 1 saturated heterocycles. The predicted octanol–water partition coefficient (Wildman–Crippen LogP) is 3.84. The van der Waals surface area contributed by atoms with E-state index in [2.05, 4.69) is 22.3 Å². The molecular weight excluding hydrogens is 308 g/mol. The molecule has 5 heteroatoms. The molecular formula is C18H22N2O2S. The number of nitrogens with one attached hydrogen (secondary N) is 1. The van der Waals surface area contributed by atoms with Crippen LogP contribution >= 0.6 is 11.8 Å². The van der Waals surface area contributed by atoms with Gasteiger partial charge in [0, 0.05) is 37.2 Å². The third-order valence-corrected chi connectivity index (χ3v) is 5.05. The molecule has 3 rings (SSSR count). The van der Waals surface area contributed by atoms with Gasteiger partial charge in [0.1, 0.15) is 11.5 Å². The summed E-state index contributed by atoms with van der Waals surface area (Å²) < 4.78 is 5.86. The number of aryl methyl sites for hydroxylation is 1. The summed E-state index contributed by atoms with van der Waals surface area (Å²) in [5, 5.41) is 2.93. The highest BCUT2D eigenvalue weighted by Gasteiger charge is 2.27. The van der Waals surface area contributed by atoms with Crippen molar-refractivity contribution in [1.82, 2.24) is 4.90 Å². The molecule has 1 aromatic carbocycles. The highest BCUT2D eigenvalue weighted by molar-refractivity contribution is 7.99. The molecule has 23 heavy (non-hydrogen) atoms. The summed E-state index contributed by atoms with van der Waals surface area (Å²) in [5.41, 5.74) is 2.04. The van der Waals surface area contributed by atoms with Gasteiger partial charge in [0.05, 0.1) is 6.04 Å². The van der Waals surface area contributed by atoms with Crippen LogP contribution < -0.4 is 5.32 Å². The van der Waals surface area contributed by atoms with Crippen molar-refractivity contribution in [3.63, 3.8) is 0 Å². The zero-order chi connectivity index (χ0) is 16.2. The van der Waals surface area contributed by atoms with Gasteiger partial charge < -0.3 is 9.73 Å². The molecule has 1 aromatic heterocycles. The standard InChI is InChI=1S/C18H22N2O2S/c1-13-7-8-18(22-13)17-12-23-10-9-20(17)11-15-5-3-4-6-16(15)19-14(2)21/h3-8,17H,9-12H2,1-2H3,(H,19,21). The number of carbonyl (C=O) groups excluding carboxylic acids is 1. The minimum Gasteiger partial charge on any atom is -0.465 e. The summed E-state index contributed by atoms with van der Waals surface area (Å²) in [7, 11) is 0. The molecule has 0 radical (unpaired) electrons. The van der Waals surface area contributed by atoms with Crippen molar-refractivity contribution in [2.24, 2.45) is 0 Å². The first kappa shape index (κ1) is 16.1. The number of thioether (sulfide) groups is 1. The van der Waals surface area contributed by atoms with Crippen LogP contribution in [0.15, 0.2) is 40.8 Å². The van der Waals surface area contributed by atoms with Crippen molar-refractivity contribution in [1.29, 1.82) is 0 Å². The number of nitrogens with zero attached hydrogens (tertiary/aromatic N) is 1. The van der Waals surface area contributed by atoms with Gasteiger partial charge in [-0.2, -0.15) is 11.8 Å². The average Bonchev–Trinajstić information content (AvgIpc) is 2.96. The molecule has 1 atom stereocenters. The smallest absolute Gasteiger partial charge is 0.221 e. The van der Waals surface area contributed by atoms with E-state index < -0.39 is 0 Å². The number of amides is 1. The third kappa shape index (κ3) is 3.98. The number of hydrogen-bond acceptors (Lipinski definition) is 4. The van der Waals surface area contributed by atoms with Crippen molar-refractivity contribution >= 4 is 23.4 Å². The molecule has 1 aliphatic rings. The Bertz CT molecular complexity index is 683. The number of rotatable bonds is 4. The van der Waals surface area contributed by atoms with E-state index in [0.29, 0.717) is 0 Å². The second-order valence-corrected chi connectivity index (χ2v) is 7.00. The molecule has 2 heterocycles. The largest absolute Gasteiger partial charge is 0.465 e. The van der Waals surface area contributed by atoms with Gasteiger partial charge in [-0.15, -0.1) is 0 Å². The second kappa shape index (κ2) is 7.23. The van der Waals surface area contributed by atoms with Crippen LogP contribution in [0, 0.1) is 6.92 Å². The number of para-hydroxylation sites is 1. The van der Waals surface area contributed by atoms with Crippen LogP contribution in [0.5, 0.6) is 0 Å². The van der Waals surface area contributed by atoms with Crippen molar-refractivity contribution in [2.75, 3.05) is 23.4 Å². The first-order valence-corrected chi connectivity index (χ1v) is 9.02. The van der Waals surface area contributed by atoms with Gasteiger partial charge in [-0.05, 0) is 30.7 Å². The van der Waals surface area contributed by atoms with Crippen molar-refractivity contribution in [2.45, 2.75) is 26.4 Å². The maximum absolute atomic E-state index is 11.4. The SMILES string of the molecule is CC(=O)Nc1ccccc1CN1CCSCC1c1ccc(C)o1. The summed E-state index contributed by atoms with van der Waals surface area (Å²) in [6.07, 6.45) is 0. The minimum atomic E-state index is -0.0372. The molecule has 1 fully saturated rings. The topological polar surface area (TPSA) is 45.5 Å². The van der Waals surface area contributed by atoms with E-state index in [-0.39, 0.29) is 11.9 Å². The van der Waals surface area contributed by atoms with E-state index in [4.69, 9.17) is 4.42 Å². The normalized spacial score (nSPS) is 18.8. The molecule has 0 bridgehead atoms. The van der Waals surface area contributed by atoms with Gasteiger partial charge >= 0.3 is 0 Å². The summed E-state index contributed by atoms with van der Waals surface area (Å²) in [4.78, 5) is 13.8. The summed E-state index contributed by atoms with van der Waals surface area (Å²) in [6.45, 7) is 5.35. The van der Waals surface area contributed by atoms with Gasteiger partial charge in [0.25, 0.3) is 0 Å². The van der Waals surface area contributed by atoms with E-state index in [9.17, 15) is 4.79 Å². The van der Waals surface area contributed by atoms with E-state index in [1.807, 2.05) is 43.0 Å². The Morgan fingerprint density at radius 2 is 2.17 bits per heavy atom. The Balaban J connectivity index is 1.81. The zero-order valence-corrected chi connectivity index (χ0v) is 14.4. The predicted molar refractivity (Wildman–Crippen MR) is 94.7 cm³/mol. The number of carbonyl (C=O) groups is 1. The highest BCUT2D eigenvalue weighted by Crippen LogP contribution is 2.32. The Morgan fingerprint density at radius 3 is 2.91 bits per heavy atom. The van der Waals surface area contributed by atoms with Gasteiger partial charge in [0.15, 0.2) is 0 Å². The molecule has 0 aliphatic carbocycles. The fourth-order valence-corrected chi connectivity index (χ4v) is 4.04. The maximum atomic E-state index is 11.4. The van der Waals surface area contributed by atoms with Crippen LogP contribution in [0.3, 0.4) is 0 Å². The van der Waals surface area contributed by atoms with Crippen molar-refractivity contribution in [3.05, 3.63) is 53.5 Å². The lowest BCUT2D eigenvalue weighted by Crippen LogP contribution is -2.35. The summed E-state index contributed by atoms with van der Waals surface area (Å²) >= 11 is 1.96. The average molecular weight is 330 g/mol. The molecule has 4 nitrogen and oxygen atoms in total. The Morgan fingerprint density at radius 1 is 1.35 bits per heavy atom. The van der Waals surface area contributed by atoms with Crippen LogP contribution in [0.2, 0.25) is 0 Å². The monoisotopic (exact) mass is 330 g/mol. The minimum absolute atomic E-state index is 0.0372.